The van der Waals surface area contributed by atoms with Crippen molar-refractivity contribution < 1.29 is 14.3 Å². The number of likely N-dealkylation sites (tertiary alicyclic amines) is 1. The van der Waals surface area contributed by atoms with E-state index in [0.717, 1.165) is 19.5 Å². The number of carbonyl (C=O) groups excluding carboxylic acids is 2. The van der Waals surface area contributed by atoms with Crippen LogP contribution in [0.25, 0.3) is 0 Å². The Bertz CT molecular complexity index is 441. The molecular formula is C16H23NO3. The minimum atomic E-state index is -0.695. The normalized spacial score (nSPS) is 31.1. The lowest BCUT2D eigenvalue weighted by Gasteiger charge is -2.35. The number of hydrogen-bond acceptors (Lipinski definition) is 4. The molecular weight excluding hydrogens is 254 g/mol. The van der Waals surface area contributed by atoms with E-state index in [1.165, 1.54) is 0 Å². The molecule has 1 aliphatic heterocycles. The summed E-state index contributed by atoms with van der Waals surface area (Å²) in [5.74, 6) is -0.572. The van der Waals surface area contributed by atoms with Crippen LogP contribution in [0, 0.1) is 11.3 Å². The van der Waals surface area contributed by atoms with Crippen LogP contribution >= 0.6 is 0 Å². The Morgan fingerprint density at radius 1 is 1.40 bits per heavy atom. The molecule has 0 bridgehead atoms. The molecule has 4 heteroatoms. The van der Waals surface area contributed by atoms with Crippen LogP contribution in [0.1, 0.15) is 26.2 Å². The number of allylic oxidation sites excluding steroid dienone is 4. The van der Waals surface area contributed by atoms with Gasteiger partial charge >= 0.3 is 5.97 Å². The van der Waals surface area contributed by atoms with Crippen molar-refractivity contribution in [2.45, 2.75) is 26.2 Å². The average Bonchev–Trinajstić information content (AvgIpc) is 2.63. The van der Waals surface area contributed by atoms with Gasteiger partial charge in [0.25, 0.3) is 0 Å². The molecule has 1 fully saturated rings. The Labute approximate surface area is 120 Å². The maximum Gasteiger partial charge on any atom is 0.313 e. The van der Waals surface area contributed by atoms with Crippen LogP contribution in [-0.4, -0.2) is 43.4 Å². The van der Waals surface area contributed by atoms with Gasteiger partial charge in [-0.25, -0.2) is 0 Å². The van der Waals surface area contributed by atoms with E-state index in [1.807, 2.05) is 19.1 Å². The van der Waals surface area contributed by atoms with E-state index in [0.29, 0.717) is 19.4 Å². The summed E-state index contributed by atoms with van der Waals surface area (Å²) < 4.78 is 5.31. The number of hydrogen-bond donors (Lipinski definition) is 0. The Hall–Kier alpha value is -1.42. The second-order valence-corrected chi connectivity index (χ2v) is 5.66. The zero-order chi connectivity index (χ0) is 14.6. The molecule has 0 amide bonds. The van der Waals surface area contributed by atoms with E-state index in [2.05, 4.69) is 11.9 Å². The summed E-state index contributed by atoms with van der Waals surface area (Å²) in [5.41, 5.74) is -0.695. The monoisotopic (exact) mass is 277 g/mol. The lowest BCUT2D eigenvalue weighted by atomic mass is 9.67. The summed E-state index contributed by atoms with van der Waals surface area (Å²) in [6, 6.07) is 0. The van der Waals surface area contributed by atoms with Gasteiger partial charge in [0.15, 0.2) is 5.78 Å². The first kappa shape index (κ1) is 15.0. The molecule has 2 unspecified atom stereocenters. The number of esters is 1. The van der Waals surface area contributed by atoms with E-state index < -0.39 is 5.41 Å². The summed E-state index contributed by atoms with van der Waals surface area (Å²) in [6.07, 6.45) is 9.34. The van der Waals surface area contributed by atoms with E-state index >= 15 is 0 Å². The van der Waals surface area contributed by atoms with Crippen LogP contribution in [-0.2, 0) is 14.3 Å². The average molecular weight is 277 g/mol. The van der Waals surface area contributed by atoms with E-state index in [1.54, 1.807) is 12.2 Å². The molecule has 20 heavy (non-hydrogen) atoms. The maximum absolute atomic E-state index is 12.6. The summed E-state index contributed by atoms with van der Waals surface area (Å²) in [6.45, 7) is 3.95. The van der Waals surface area contributed by atoms with Gasteiger partial charge in [-0.05, 0) is 52.4 Å². The molecule has 0 N–H and O–H groups in total. The first-order valence-corrected chi connectivity index (χ1v) is 7.34. The summed E-state index contributed by atoms with van der Waals surface area (Å²) in [7, 11) is 2.06. The lowest BCUT2D eigenvalue weighted by Crippen LogP contribution is -2.43. The maximum atomic E-state index is 12.6. The molecule has 1 heterocycles. The fourth-order valence-corrected chi connectivity index (χ4v) is 3.19. The topological polar surface area (TPSA) is 46.6 Å². The SMILES string of the molecule is CCOC(=O)C1(C2C=CC=CC2=O)CCCN(C)CC1. The highest BCUT2D eigenvalue weighted by molar-refractivity contribution is 5.98. The summed E-state index contributed by atoms with van der Waals surface area (Å²) in [4.78, 5) is 27.0. The summed E-state index contributed by atoms with van der Waals surface area (Å²) in [5, 5.41) is 0. The van der Waals surface area contributed by atoms with Gasteiger partial charge in [-0.15, -0.1) is 0 Å². The molecule has 0 aromatic rings. The molecule has 0 spiro atoms. The number of ketones is 1. The third-order valence-corrected chi connectivity index (χ3v) is 4.36. The summed E-state index contributed by atoms with van der Waals surface area (Å²) >= 11 is 0. The van der Waals surface area contributed by atoms with E-state index in [-0.39, 0.29) is 17.7 Å². The van der Waals surface area contributed by atoms with Gasteiger partial charge in [0.1, 0.15) is 0 Å². The predicted molar refractivity (Wildman–Crippen MR) is 77.2 cm³/mol. The molecule has 0 radical (unpaired) electrons. The van der Waals surface area contributed by atoms with Crippen molar-refractivity contribution in [1.82, 2.24) is 4.90 Å². The molecule has 2 aliphatic rings. The third kappa shape index (κ3) is 2.85. The van der Waals surface area contributed by atoms with Gasteiger partial charge in [0.05, 0.1) is 17.9 Å². The van der Waals surface area contributed by atoms with Crippen molar-refractivity contribution in [3.63, 3.8) is 0 Å². The molecule has 0 saturated carbocycles. The van der Waals surface area contributed by atoms with Gasteiger partial charge in [-0.3, -0.25) is 9.59 Å². The molecule has 2 atom stereocenters. The second kappa shape index (κ2) is 6.35. The van der Waals surface area contributed by atoms with Crippen molar-refractivity contribution in [1.29, 1.82) is 0 Å². The van der Waals surface area contributed by atoms with Gasteiger partial charge < -0.3 is 9.64 Å². The van der Waals surface area contributed by atoms with Crippen molar-refractivity contribution in [3.05, 3.63) is 24.3 Å². The Balaban J connectivity index is 2.32. The molecule has 1 aliphatic carbocycles. The quantitative estimate of drug-likeness (QED) is 0.740. The zero-order valence-corrected chi connectivity index (χ0v) is 12.3. The first-order chi connectivity index (χ1) is 9.60. The smallest absolute Gasteiger partial charge is 0.313 e. The highest BCUT2D eigenvalue weighted by Crippen LogP contribution is 2.42. The number of rotatable bonds is 3. The molecule has 4 nitrogen and oxygen atoms in total. The highest BCUT2D eigenvalue weighted by atomic mass is 16.5. The second-order valence-electron chi connectivity index (χ2n) is 5.66. The van der Waals surface area contributed by atoms with E-state index in [9.17, 15) is 9.59 Å². The molecule has 110 valence electrons. The standard InChI is InChI=1S/C16H23NO3/c1-3-20-15(19)16(9-6-11-17(2)12-10-16)13-7-4-5-8-14(13)18/h4-5,7-8,13H,3,6,9-12H2,1-2H3. The minimum absolute atomic E-state index is 0.0186. The van der Waals surface area contributed by atoms with Gasteiger partial charge in [0.2, 0.25) is 0 Å². The first-order valence-electron chi connectivity index (χ1n) is 7.34. The molecule has 2 rings (SSSR count). The predicted octanol–water partition coefficient (Wildman–Crippen LogP) is 1.96. The number of ether oxygens (including phenoxy) is 1. The van der Waals surface area contributed by atoms with Crippen LogP contribution in [0.4, 0.5) is 0 Å². The van der Waals surface area contributed by atoms with Crippen LogP contribution in [0.15, 0.2) is 24.3 Å². The van der Waals surface area contributed by atoms with E-state index in [4.69, 9.17) is 4.74 Å². The van der Waals surface area contributed by atoms with Crippen LogP contribution in [0.3, 0.4) is 0 Å². The van der Waals surface area contributed by atoms with Crippen LogP contribution < -0.4 is 0 Å². The lowest BCUT2D eigenvalue weighted by molar-refractivity contribution is -0.161. The van der Waals surface area contributed by atoms with Gasteiger partial charge in [0, 0.05) is 0 Å². The highest BCUT2D eigenvalue weighted by Gasteiger charge is 2.48. The van der Waals surface area contributed by atoms with Crippen molar-refractivity contribution in [3.8, 4) is 0 Å². The largest absolute Gasteiger partial charge is 0.466 e. The minimum Gasteiger partial charge on any atom is -0.466 e. The van der Waals surface area contributed by atoms with Crippen molar-refractivity contribution in [2.75, 3.05) is 26.7 Å². The van der Waals surface area contributed by atoms with Crippen molar-refractivity contribution in [2.24, 2.45) is 11.3 Å². The Kier molecular flexibility index (Phi) is 4.76. The number of carbonyl (C=O) groups is 2. The zero-order valence-electron chi connectivity index (χ0n) is 12.3. The van der Waals surface area contributed by atoms with Crippen LogP contribution in [0.2, 0.25) is 0 Å². The Morgan fingerprint density at radius 2 is 2.20 bits per heavy atom. The molecule has 1 saturated heterocycles. The molecule has 0 aromatic heterocycles. The fraction of sp³-hybridized carbons (Fsp3) is 0.625. The Morgan fingerprint density at radius 3 is 2.90 bits per heavy atom. The third-order valence-electron chi connectivity index (χ3n) is 4.36. The fourth-order valence-electron chi connectivity index (χ4n) is 3.19. The number of nitrogens with zero attached hydrogens (tertiary/aromatic N) is 1. The van der Waals surface area contributed by atoms with Crippen molar-refractivity contribution >= 4 is 11.8 Å². The molecule has 0 aromatic carbocycles. The van der Waals surface area contributed by atoms with Gasteiger partial charge in [-0.1, -0.05) is 18.2 Å². The van der Waals surface area contributed by atoms with Crippen LogP contribution in [0.5, 0.6) is 0 Å². The van der Waals surface area contributed by atoms with Gasteiger partial charge in [-0.2, -0.15) is 0 Å².